The molecule has 0 aliphatic heterocycles. The van der Waals surface area contributed by atoms with Crippen LogP contribution in [0.25, 0.3) is 0 Å². The van der Waals surface area contributed by atoms with E-state index in [1.165, 1.54) is 31.3 Å². The van der Waals surface area contributed by atoms with Gasteiger partial charge in [0.05, 0.1) is 0 Å². The maximum Gasteiger partial charge on any atom is 0.0197 e. The second-order valence-corrected chi connectivity index (χ2v) is 3.33. The minimum absolute atomic E-state index is 0.219. The SMILES string of the molecule is CCCCC/C(C)=C/C(C)N. The van der Waals surface area contributed by atoms with Gasteiger partial charge in [-0.1, -0.05) is 31.4 Å². The summed E-state index contributed by atoms with van der Waals surface area (Å²) in [7, 11) is 0. The zero-order chi connectivity index (χ0) is 8.69. The van der Waals surface area contributed by atoms with Gasteiger partial charge in [-0.25, -0.2) is 0 Å². The van der Waals surface area contributed by atoms with Crippen molar-refractivity contribution in [2.24, 2.45) is 5.73 Å². The Labute approximate surface area is 70.7 Å². The molecule has 2 N–H and O–H groups in total. The van der Waals surface area contributed by atoms with E-state index in [-0.39, 0.29) is 6.04 Å². The van der Waals surface area contributed by atoms with Crippen molar-refractivity contribution in [3.8, 4) is 0 Å². The van der Waals surface area contributed by atoms with Crippen LogP contribution < -0.4 is 5.73 Å². The van der Waals surface area contributed by atoms with Crippen LogP contribution >= 0.6 is 0 Å². The quantitative estimate of drug-likeness (QED) is 0.479. The van der Waals surface area contributed by atoms with Crippen molar-refractivity contribution in [2.75, 3.05) is 0 Å². The van der Waals surface area contributed by atoms with Gasteiger partial charge in [-0.05, 0) is 26.7 Å². The largest absolute Gasteiger partial charge is 0.325 e. The Hall–Kier alpha value is -0.300. The van der Waals surface area contributed by atoms with Crippen molar-refractivity contribution in [1.82, 2.24) is 0 Å². The Kier molecular flexibility index (Phi) is 6.24. The van der Waals surface area contributed by atoms with Crippen LogP contribution in [-0.4, -0.2) is 6.04 Å². The molecule has 0 aliphatic carbocycles. The topological polar surface area (TPSA) is 26.0 Å². The molecular formula is C10H21N. The van der Waals surface area contributed by atoms with Crippen molar-refractivity contribution < 1.29 is 0 Å². The van der Waals surface area contributed by atoms with Gasteiger partial charge >= 0.3 is 0 Å². The minimum Gasteiger partial charge on any atom is -0.325 e. The van der Waals surface area contributed by atoms with Gasteiger partial charge in [-0.3, -0.25) is 0 Å². The first-order valence-corrected chi connectivity index (χ1v) is 4.59. The third kappa shape index (κ3) is 7.60. The second-order valence-electron chi connectivity index (χ2n) is 3.33. The van der Waals surface area contributed by atoms with Crippen LogP contribution in [0.3, 0.4) is 0 Å². The van der Waals surface area contributed by atoms with Crippen molar-refractivity contribution in [1.29, 1.82) is 0 Å². The number of hydrogen-bond donors (Lipinski definition) is 1. The van der Waals surface area contributed by atoms with E-state index >= 15 is 0 Å². The molecule has 1 heteroatoms. The monoisotopic (exact) mass is 155 g/mol. The average Bonchev–Trinajstić information content (AvgIpc) is 1.86. The minimum atomic E-state index is 0.219. The molecule has 0 spiro atoms. The van der Waals surface area contributed by atoms with Crippen molar-refractivity contribution in [3.05, 3.63) is 11.6 Å². The Morgan fingerprint density at radius 1 is 1.45 bits per heavy atom. The summed E-state index contributed by atoms with van der Waals surface area (Å²) in [4.78, 5) is 0. The first kappa shape index (κ1) is 10.7. The van der Waals surface area contributed by atoms with E-state index < -0.39 is 0 Å². The van der Waals surface area contributed by atoms with Gasteiger partial charge in [-0.2, -0.15) is 0 Å². The lowest BCUT2D eigenvalue weighted by atomic mass is 10.1. The summed E-state index contributed by atoms with van der Waals surface area (Å²) < 4.78 is 0. The first-order valence-electron chi connectivity index (χ1n) is 4.59. The van der Waals surface area contributed by atoms with Crippen LogP contribution in [0.4, 0.5) is 0 Å². The zero-order valence-corrected chi connectivity index (χ0v) is 8.06. The number of allylic oxidation sites excluding steroid dienone is 1. The van der Waals surface area contributed by atoms with Crippen LogP contribution in [0.5, 0.6) is 0 Å². The van der Waals surface area contributed by atoms with Crippen molar-refractivity contribution in [2.45, 2.75) is 52.5 Å². The predicted octanol–water partition coefficient (Wildman–Crippen LogP) is 2.86. The molecule has 0 radical (unpaired) electrons. The lowest BCUT2D eigenvalue weighted by molar-refractivity contribution is 0.709. The van der Waals surface area contributed by atoms with Gasteiger partial charge in [0, 0.05) is 6.04 Å². The molecule has 0 saturated heterocycles. The van der Waals surface area contributed by atoms with Gasteiger partial charge in [0.1, 0.15) is 0 Å². The number of unbranched alkanes of at least 4 members (excludes halogenated alkanes) is 2. The highest BCUT2D eigenvalue weighted by Gasteiger charge is 1.92. The summed E-state index contributed by atoms with van der Waals surface area (Å²) in [5.74, 6) is 0. The molecule has 0 amide bonds. The Balaban J connectivity index is 3.43. The zero-order valence-electron chi connectivity index (χ0n) is 8.06. The molecule has 0 heterocycles. The van der Waals surface area contributed by atoms with Crippen LogP contribution in [0.1, 0.15) is 46.5 Å². The van der Waals surface area contributed by atoms with Gasteiger partial charge in [0.15, 0.2) is 0 Å². The molecule has 0 aromatic heterocycles. The predicted molar refractivity (Wildman–Crippen MR) is 51.5 cm³/mol. The lowest BCUT2D eigenvalue weighted by Gasteiger charge is -2.02. The van der Waals surface area contributed by atoms with Crippen LogP contribution in [0.15, 0.2) is 11.6 Å². The summed E-state index contributed by atoms with van der Waals surface area (Å²) in [6, 6.07) is 0.219. The summed E-state index contributed by atoms with van der Waals surface area (Å²) >= 11 is 0. The van der Waals surface area contributed by atoms with Crippen molar-refractivity contribution >= 4 is 0 Å². The highest BCUT2D eigenvalue weighted by Crippen LogP contribution is 2.07. The molecule has 1 atom stereocenters. The van der Waals surface area contributed by atoms with E-state index in [2.05, 4.69) is 19.9 Å². The van der Waals surface area contributed by atoms with Gasteiger partial charge in [-0.15, -0.1) is 0 Å². The number of rotatable bonds is 5. The Morgan fingerprint density at radius 2 is 2.09 bits per heavy atom. The fraction of sp³-hybridized carbons (Fsp3) is 0.800. The lowest BCUT2D eigenvalue weighted by Crippen LogP contribution is -2.11. The molecule has 1 nitrogen and oxygen atoms in total. The van der Waals surface area contributed by atoms with Crippen molar-refractivity contribution in [3.63, 3.8) is 0 Å². The maximum atomic E-state index is 5.62. The summed E-state index contributed by atoms with van der Waals surface area (Å²) in [6.07, 6.45) is 7.31. The van der Waals surface area contributed by atoms with E-state index in [0.717, 1.165) is 0 Å². The molecule has 66 valence electrons. The molecule has 11 heavy (non-hydrogen) atoms. The molecule has 0 fully saturated rings. The highest BCUT2D eigenvalue weighted by atomic mass is 14.6. The van der Waals surface area contributed by atoms with Crippen LogP contribution in [0, 0.1) is 0 Å². The fourth-order valence-electron chi connectivity index (χ4n) is 1.19. The van der Waals surface area contributed by atoms with Gasteiger partial charge < -0.3 is 5.73 Å². The summed E-state index contributed by atoms with van der Waals surface area (Å²) in [5, 5.41) is 0. The first-order chi connectivity index (χ1) is 5.16. The second kappa shape index (κ2) is 6.41. The molecule has 1 unspecified atom stereocenters. The van der Waals surface area contributed by atoms with E-state index in [1.54, 1.807) is 0 Å². The normalized spacial score (nSPS) is 15.1. The molecular weight excluding hydrogens is 134 g/mol. The average molecular weight is 155 g/mol. The smallest absolute Gasteiger partial charge is 0.0197 e. The molecule has 0 saturated carbocycles. The molecule has 0 rings (SSSR count). The molecule has 0 aliphatic rings. The number of hydrogen-bond acceptors (Lipinski definition) is 1. The standard InChI is InChI=1S/C10H21N/c1-4-5-6-7-9(2)8-10(3)11/h8,10H,4-7,11H2,1-3H3/b9-8+. The molecule has 0 aromatic rings. The van der Waals surface area contributed by atoms with E-state index in [4.69, 9.17) is 5.73 Å². The third-order valence-corrected chi connectivity index (χ3v) is 1.72. The van der Waals surface area contributed by atoms with E-state index in [1.807, 2.05) is 6.92 Å². The number of nitrogens with two attached hydrogens (primary N) is 1. The van der Waals surface area contributed by atoms with Crippen LogP contribution in [-0.2, 0) is 0 Å². The highest BCUT2D eigenvalue weighted by molar-refractivity contribution is 5.01. The van der Waals surface area contributed by atoms with Gasteiger partial charge in [0.2, 0.25) is 0 Å². The fourth-order valence-corrected chi connectivity index (χ4v) is 1.19. The van der Waals surface area contributed by atoms with Crippen LogP contribution in [0.2, 0.25) is 0 Å². The van der Waals surface area contributed by atoms with E-state index in [9.17, 15) is 0 Å². The summed E-state index contributed by atoms with van der Waals surface area (Å²) in [5.41, 5.74) is 7.06. The molecule has 0 aromatic carbocycles. The Bertz CT molecular complexity index is 114. The third-order valence-electron chi connectivity index (χ3n) is 1.72. The summed E-state index contributed by atoms with van der Waals surface area (Å²) in [6.45, 7) is 6.41. The van der Waals surface area contributed by atoms with Gasteiger partial charge in [0.25, 0.3) is 0 Å². The Morgan fingerprint density at radius 3 is 2.55 bits per heavy atom. The maximum absolute atomic E-state index is 5.62. The van der Waals surface area contributed by atoms with E-state index in [0.29, 0.717) is 0 Å². The molecule has 0 bridgehead atoms.